The second kappa shape index (κ2) is 9.05. The summed E-state index contributed by atoms with van der Waals surface area (Å²) in [5, 5.41) is 7.54. The summed E-state index contributed by atoms with van der Waals surface area (Å²) in [5.74, 6) is 0.767. The van der Waals surface area contributed by atoms with Crippen molar-refractivity contribution >= 4 is 28.9 Å². The summed E-state index contributed by atoms with van der Waals surface area (Å²) >= 11 is 6.16. The van der Waals surface area contributed by atoms with Crippen molar-refractivity contribution in [3.8, 4) is 11.4 Å². The van der Waals surface area contributed by atoms with E-state index >= 15 is 0 Å². The number of carbonyl (C=O) groups excluding carboxylic acids is 1. The van der Waals surface area contributed by atoms with Gasteiger partial charge in [-0.1, -0.05) is 16.8 Å². The minimum atomic E-state index is -0.119. The Labute approximate surface area is 174 Å². The molecule has 3 aromatic rings. The Morgan fingerprint density at radius 3 is 2.86 bits per heavy atom. The van der Waals surface area contributed by atoms with Crippen LogP contribution in [0.4, 0.5) is 11.4 Å². The molecule has 1 aromatic carbocycles. The summed E-state index contributed by atoms with van der Waals surface area (Å²) in [6.07, 6.45) is 7.51. The van der Waals surface area contributed by atoms with E-state index in [1.165, 1.54) is 6.42 Å². The molecule has 8 heteroatoms. The second-order valence-electron chi connectivity index (χ2n) is 7.01. The monoisotopic (exact) mass is 411 g/mol. The number of halogens is 1. The number of anilines is 2. The van der Waals surface area contributed by atoms with E-state index in [1.807, 2.05) is 24.3 Å². The molecule has 0 radical (unpaired) electrons. The zero-order valence-corrected chi connectivity index (χ0v) is 16.7. The largest absolute Gasteiger partial charge is 0.370 e. The number of amides is 1. The van der Waals surface area contributed by atoms with Crippen LogP contribution >= 0.6 is 11.6 Å². The fraction of sp³-hybridized carbons (Fsp3) is 0.333. The zero-order chi connectivity index (χ0) is 20.1. The minimum Gasteiger partial charge on any atom is -0.370 e. The van der Waals surface area contributed by atoms with Crippen molar-refractivity contribution in [3.63, 3.8) is 0 Å². The number of hydrogen-bond donors (Lipinski definition) is 1. The molecule has 0 spiro atoms. The lowest BCUT2D eigenvalue weighted by molar-refractivity contribution is -0.116. The predicted molar refractivity (Wildman–Crippen MR) is 112 cm³/mol. The molecule has 0 aliphatic carbocycles. The summed E-state index contributed by atoms with van der Waals surface area (Å²) in [6.45, 7) is 1.98. The molecule has 150 valence electrons. The molecule has 1 saturated heterocycles. The quantitative estimate of drug-likeness (QED) is 0.649. The Morgan fingerprint density at radius 2 is 2.07 bits per heavy atom. The van der Waals surface area contributed by atoms with Crippen molar-refractivity contribution in [2.75, 3.05) is 23.3 Å². The molecule has 4 rings (SSSR count). The Bertz CT molecular complexity index is 970. The number of benzene rings is 1. The highest BCUT2D eigenvalue weighted by molar-refractivity contribution is 6.31. The molecule has 1 aliphatic rings. The summed E-state index contributed by atoms with van der Waals surface area (Å²) in [7, 11) is 0. The van der Waals surface area contributed by atoms with Gasteiger partial charge in [0.25, 0.3) is 0 Å². The minimum absolute atomic E-state index is 0.119. The van der Waals surface area contributed by atoms with Crippen LogP contribution in [0.5, 0.6) is 0 Å². The third-order valence-electron chi connectivity index (χ3n) is 4.88. The average Bonchev–Trinajstić information content (AvgIpc) is 3.23. The van der Waals surface area contributed by atoms with Crippen LogP contribution in [0.2, 0.25) is 5.02 Å². The van der Waals surface area contributed by atoms with E-state index in [0.29, 0.717) is 23.2 Å². The fourth-order valence-electron chi connectivity index (χ4n) is 3.42. The first kappa shape index (κ1) is 19.4. The highest BCUT2D eigenvalue weighted by Gasteiger charge is 2.17. The number of rotatable bonds is 6. The molecule has 3 heterocycles. The Morgan fingerprint density at radius 1 is 1.21 bits per heavy atom. The number of nitrogens with zero attached hydrogens (tertiary/aromatic N) is 4. The van der Waals surface area contributed by atoms with Crippen molar-refractivity contribution in [1.29, 1.82) is 0 Å². The van der Waals surface area contributed by atoms with Crippen molar-refractivity contribution in [1.82, 2.24) is 15.1 Å². The zero-order valence-electron chi connectivity index (χ0n) is 16.0. The number of aryl methyl sites for hydroxylation is 1. The van der Waals surface area contributed by atoms with Gasteiger partial charge in [0.1, 0.15) is 0 Å². The van der Waals surface area contributed by atoms with E-state index in [2.05, 4.69) is 25.3 Å². The fourth-order valence-corrected chi connectivity index (χ4v) is 3.59. The van der Waals surface area contributed by atoms with Crippen molar-refractivity contribution < 1.29 is 9.32 Å². The molecule has 0 bridgehead atoms. The molecule has 0 unspecified atom stereocenters. The van der Waals surface area contributed by atoms with E-state index in [9.17, 15) is 4.79 Å². The van der Waals surface area contributed by atoms with Crippen LogP contribution in [-0.4, -0.2) is 34.1 Å². The first-order chi connectivity index (χ1) is 14.2. The summed E-state index contributed by atoms with van der Waals surface area (Å²) in [4.78, 5) is 23.2. The molecule has 7 nitrogen and oxygen atoms in total. The maximum absolute atomic E-state index is 12.5. The number of piperidine rings is 1. The SMILES string of the molecule is O=C(CCc1nc(-c2cccnc2)no1)Nc1cc(Cl)ccc1N1CCCCC1. The first-order valence-electron chi connectivity index (χ1n) is 9.76. The molecule has 0 atom stereocenters. The van der Waals surface area contributed by atoms with Gasteiger partial charge in [-0.15, -0.1) is 0 Å². The highest BCUT2D eigenvalue weighted by atomic mass is 35.5. The van der Waals surface area contributed by atoms with Crippen LogP contribution < -0.4 is 10.2 Å². The van der Waals surface area contributed by atoms with E-state index < -0.39 is 0 Å². The topological polar surface area (TPSA) is 84.1 Å². The van der Waals surface area contributed by atoms with Gasteiger partial charge in [-0.25, -0.2) is 0 Å². The number of aromatic nitrogens is 3. The maximum Gasteiger partial charge on any atom is 0.227 e. The van der Waals surface area contributed by atoms with E-state index in [4.69, 9.17) is 16.1 Å². The first-order valence-corrected chi connectivity index (χ1v) is 10.1. The van der Waals surface area contributed by atoms with Gasteiger partial charge in [-0.3, -0.25) is 9.78 Å². The van der Waals surface area contributed by atoms with E-state index in [1.54, 1.807) is 18.5 Å². The molecule has 1 amide bonds. The van der Waals surface area contributed by atoms with Gasteiger partial charge in [0.05, 0.1) is 11.4 Å². The van der Waals surface area contributed by atoms with Gasteiger partial charge in [-0.05, 0) is 49.6 Å². The Kier molecular flexibility index (Phi) is 6.05. The number of carbonyl (C=O) groups is 1. The summed E-state index contributed by atoms with van der Waals surface area (Å²) in [5.41, 5.74) is 2.53. The normalized spacial score (nSPS) is 14.0. The molecular formula is C21H22ClN5O2. The molecule has 1 aliphatic heterocycles. The molecular weight excluding hydrogens is 390 g/mol. The molecule has 1 N–H and O–H groups in total. The third kappa shape index (κ3) is 4.92. The van der Waals surface area contributed by atoms with Gasteiger partial charge in [0.15, 0.2) is 0 Å². The van der Waals surface area contributed by atoms with Crippen LogP contribution in [-0.2, 0) is 11.2 Å². The summed E-state index contributed by atoms with van der Waals surface area (Å²) < 4.78 is 5.26. The van der Waals surface area contributed by atoms with Crippen LogP contribution in [0, 0.1) is 0 Å². The van der Waals surface area contributed by atoms with Gasteiger partial charge in [-0.2, -0.15) is 4.98 Å². The lowest BCUT2D eigenvalue weighted by atomic mass is 10.1. The maximum atomic E-state index is 12.5. The molecule has 1 fully saturated rings. The average molecular weight is 412 g/mol. The predicted octanol–water partition coefficient (Wildman–Crippen LogP) is 4.35. The number of pyridine rings is 1. The van der Waals surface area contributed by atoms with Crippen LogP contribution in [0.1, 0.15) is 31.6 Å². The molecule has 29 heavy (non-hydrogen) atoms. The van der Waals surface area contributed by atoms with E-state index in [0.717, 1.165) is 42.9 Å². The van der Waals surface area contributed by atoms with Crippen LogP contribution in [0.3, 0.4) is 0 Å². The van der Waals surface area contributed by atoms with Gasteiger partial charge >= 0.3 is 0 Å². The Hall–Kier alpha value is -2.93. The lowest BCUT2D eigenvalue weighted by Gasteiger charge is -2.30. The van der Waals surface area contributed by atoms with Gasteiger partial charge in [0.2, 0.25) is 17.6 Å². The lowest BCUT2D eigenvalue weighted by Crippen LogP contribution is -2.30. The third-order valence-corrected chi connectivity index (χ3v) is 5.12. The van der Waals surface area contributed by atoms with Crippen LogP contribution in [0.15, 0.2) is 47.2 Å². The molecule has 0 saturated carbocycles. The van der Waals surface area contributed by atoms with Crippen molar-refractivity contribution in [3.05, 3.63) is 53.6 Å². The smallest absolute Gasteiger partial charge is 0.227 e. The van der Waals surface area contributed by atoms with Crippen molar-refractivity contribution in [2.24, 2.45) is 0 Å². The van der Waals surface area contributed by atoms with Gasteiger partial charge < -0.3 is 14.7 Å². The number of nitrogens with one attached hydrogen (secondary N) is 1. The van der Waals surface area contributed by atoms with Crippen LogP contribution in [0.25, 0.3) is 11.4 Å². The summed E-state index contributed by atoms with van der Waals surface area (Å²) in [6, 6.07) is 9.30. The number of hydrogen-bond acceptors (Lipinski definition) is 6. The Balaban J connectivity index is 1.39. The molecule has 2 aromatic heterocycles. The van der Waals surface area contributed by atoms with E-state index in [-0.39, 0.29) is 12.3 Å². The highest BCUT2D eigenvalue weighted by Crippen LogP contribution is 2.31. The standard InChI is InChI=1S/C21H22ClN5O2/c22-16-6-7-18(27-11-2-1-3-12-27)17(13-16)24-19(28)8-9-20-25-21(26-29-20)15-5-4-10-23-14-15/h4-7,10,13-14H,1-3,8-9,11-12H2,(H,24,28). The van der Waals surface area contributed by atoms with Gasteiger partial charge in [0, 0.05) is 48.9 Å². The second-order valence-corrected chi connectivity index (χ2v) is 7.45. The van der Waals surface area contributed by atoms with Crippen molar-refractivity contribution in [2.45, 2.75) is 32.1 Å².